The number of carbonyl (C=O) groups excluding carboxylic acids is 1. The van der Waals surface area contributed by atoms with E-state index in [2.05, 4.69) is 4.72 Å². The van der Waals surface area contributed by atoms with Crippen molar-refractivity contribution in [2.24, 2.45) is 0 Å². The Morgan fingerprint density at radius 3 is 2.59 bits per heavy atom. The van der Waals surface area contributed by atoms with Gasteiger partial charge in [0.2, 0.25) is 5.91 Å². The summed E-state index contributed by atoms with van der Waals surface area (Å²) >= 11 is 6.49. The lowest BCUT2D eigenvalue weighted by atomic mass is 9.68. The Bertz CT molecular complexity index is 1200. The Morgan fingerprint density at radius 2 is 1.79 bits per heavy atom. The predicted octanol–water partition coefficient (Wildman–Crippen LogP) is 4.98. The third kappa shape index (κ3) is 3.32. The third-order valence-electron chi connectivity index (χ3n) is 5.93. The van der Waals surface area contributed by atoms with Crippen molar-refractivity contribution in [2.75, 3.05) is 0 Å². The molecule has 4 rings (SSSR count). The fourth-order valence-corrected chi connectivity index (χ4v) is 6.12. The van der Waals surface area contributed by atoms with E-state index in [4.69, 9.17) is 11.6 Å². The van der Waals surface area contributed by atoms with E-state index >= 15 is 0 Å². The predicted molar refractivity (Wildman–Crippen MR) is 116 cm³/mol. The van der Waals surface area contributed by atoms with E-state index in [1.165, 1.54) is 6.07 Å². The van der Waals surface area contributed by atoms with E-state index in [-0.39, 0.29) is 4.90 Å². The van der Waals surface area contributed by atoms with E-state index < -0.39 is 21.3 Å². The fraction of sp³-hybridized carbons (Fsp3) is 0.261. The molecule has 150 valence electrons. The number of carbonyl (C=O) groups is 1. The summed E-state index contributed by atoms with van der Waals surface area (Å²) in [5.41, 5.74) is 0.827. The van der Waals surface area contributed by atoms with Crippen LogP contribution in [-0.4, -0.2) is 14.3 Å². The molecule has 0 fully saturated rings. The van der Waals surface area contributed by atoms with Gasteiger partial charge in [0.05, 0.1) is 10.3 Å². The lowest BCUT2D eigenvalue weighted by Crippen LogP contribution is -2.48. The van der Waals surface area contributed by atoms with Crippen LogP contribution < -0.4 is 4.72 Å². The van der Waals surface area contributed by atoms with Gasteiger partial charge in [0.1, 0.15) is 0 Å². The van der Waals surface area contributed by atoms with Gasteiger partial charge in [-0.15, -0.1) is 0 Å². The molecule has 0 aromatic heterocycles. The summed E-state index contributed by atoms with van der Waals surface area (Å²) in [6, 6.07) is 17.9. The molecule has 4 nitrogen and oxygen atoms in total. The minimum atomic E-state index is -4.04. The van der Waals surface area contributed by atoms with Crippen molar-refractivity contribution in [3.8, 4) is 0 Å². The Balaban J connectivity index is 1.78. The van der Waals surface area contributed by atoms with Crippen molar-refractivity contribution in [3.05, 3.63) is 76.8 Å². The van der Waals surface area contributed by atoms with Crippen LogP contribution in [0.5, 0.6) is 0 Å². The molecule has 0 heterocycles. The van der Waals surface area contributed by atoms with Crippen LogP contribution in [0.1, 0.15) is 37.3 Å². The first-order valence-corrected chi connectivity index (χ1v) is 11.6. The van der Waals surface area contributed by atoms with Crippen molar-refractivity contribution in [3.63, 3.8) is 0 Å². The summed E-state index contributed by atoms with van der Waals surface area (Å²) in [6.45, 7) is 1.91. The van der Waals surface area contributed by atoms with Gasteiger partial charge in [-0.2, -0.15) is 0 Å². The molecule has 1 amide bonds. The molecule has 3 aromatic rings. The Hall–Kier alpha value is -2.37. The van der Waals surface area contributed by atoms with Crippen LogP contribution in [0.25, 0.3) is 10.8 Å². The van der Waals surface area contributed by atoms with Gasteiger partial charge in [0, 0.05) is 10.4 Å². The molecule has 0 saturated carbocycles. The lowest BCUT2D eigenvalue weighted by molar-refractivity contribution is -0.125. The summed E-state index contributed by atoms with van der Waals surface area (Å²) in [5, 5.41) is 1.91. The van der Waals surface area contributed by atoms with E-state index in [1.807, 2.05) is 37.3 Å². The van der Waals surface area contributed by atoms with Crippen molar-refractivity contribution >= 4 is 38.3 Å². The van der Waals surface area contributed by atoms with Crippen molar-refractivity contribution in [1.29, 1.82) is 0 Å². The molecule has 0 unspecified atom stereocenters. The summed E-state index contributed by atoms with van der Waals surface area (Å²) in [5.74, 6) is -0.512. The number of sulfonamides is 1. The number of fused-ring (bicyclic) bond motifs is 2. The molecule has 0 saturated heterocycles. The zero-order valence-corrected chi connectivity index (χ0v) is 17.7. The highest BCUT2D eigenvalue weighted by Gasteiger charge is 2.44. The van der Waals surface area contributed by atoms with Crippen LogP contribution in [0.2, 0.25) is 5.02 Å². The Labute approximate surface area is 175 Å². The normalized spacial score (nSPS) is 19.0. The smallest absolute Gasteiger partial charge is 0.264 e. The highest BCUT2D eigenvalue weighted by atomic mass is 35.5. The van der Waals surface area contributed by atoms with Crippen LogP contribution in [0.15, 0.2) is 65.6 Å². The summed E-state index contributed by atoms with van der Waals surface area (Å²) < 4.78 is 28.7. The Kier molecular flexibility index (Phi) is 5.13. The second-order valence-corrected chi connectivity index (χ2v) is 9.53. The first-order chi connectivity index (χ1) is 13.9. The van der Waals surface area contributed by atoms with Gasteiger partial charge in [-0.25, -0.2) is 13.1 Å². The van der Waals surface area contributed by atoms with Crippen LogP contribution in [0.4, 0.5) is 0 Å². The number of hydrogen-bond acceptors (Lipinski definition) is 3. The van der Waals surface area contributed by atoms with Crippen LogP contribution in [0, 0.1) is 0 Å². The minimum absolute atomic E-state index is 0.102. The second-order valence-electron chi connectivity index (χ2n) is 7.48. The molecule has 1 aliphatic carbocycles. The number of benzene rings is 3. The standard InChI is InChI=1S/C23H22ClNO3S/c1-2-23(15-7-11-17-10-5-13-19(24)21(17)23)22(26)25-29(27,28)20-14-6-9-16-8-3-4-12-18(16)20/h3-6,8-10,12-14H,2,7,11,15H2,1H3,(H,25,26)/t23-/m1/s1. The van der Waals surface area contributed by atoms with E-state index in [0.29, 0.717) is 23.3 Å². The molecule has 0 bridgehead atoms. The quantitative estimate of drug-likeness (QED) is 0.638. The molecule has 3 aromatic carbocycles. The van der Waals surface area contributed by atoms with Crippen LogP contribution in [-0.2, 0) is 26.7 Å². The van der Waals surface area contributed by atoms with Gasteiger partial charge >= 0.3 is 0 Å². The van der Waals surface area contributed by atoms with E-state index in [9.17, 15) is 13.2 Å². The number of hydrogen-bond donors (Lipinski definition) is 1. The van der Waals surface area contributed by atoms with Gasteiger partial charge in [0.15, 0.2) is 0 Å². The number of rotatable bonds is 4. The fourth-order valence-electron chi connectivity index (χ4n) is 4.46. The van der Waals surface area contributed by atoms with Crippen LogP contribution in [0.3, 0.4) is 0 Å². The maximum atomic E-state index is 13.4. The molecule has 0 spiro atoms. The van der Waals surface area contributed by atoms with Gasteiger partial charge in [-0.05, 0) is 54.3 Å². The van der Waals surface area contributed by atoms with Gasteiger partial charge in [0.25, 0.3) is 10.0 Å². The summed E-state index contributed by atoms with van der Waals surface area (Å²) in [4.78, 5) is 13.5. The van der Waals surface area contributed by atoms with Crippen molar-refractivity contribution in [2.45, 2.75) is 42.9 Å². The van der Waals surface area contributed by atoms with Crippen molar-refractivity contribution in [1.82, 2.24) is 4.72 Å². The summed E-state index contributed by atoms with van der Waals surface area (Å²) in [7, 11) is -4.04. The topological polar surface area (TPSA) is 63.2 Å². The first kappa shape index (κ1) is 19.9. The molecule has 1 N–H and O–H groups in total. The molecule has 1 atom stereocenters. The maximum absolute atomic E-state index is 13.4. The highest BCUT2D eigenvalue weighted by molar-refractivity contribution is 7.90. The number of aryl methyl sites for hydroxylation is 1. The zero-order chi connectivity index (χ0) is 20.6. The molecular formula is C23H22ClNO3S. The molecule has 1 aliphatic rings. The number of amides is 1. The average Bonchev–Trinajstić information content (AvgIpc) is 2.72. The molecule has 6 heteroatoms. The minimum Gasteiger partial charge on any atom is -0.273 e. The largest absolute Gasteiger partial charge is 0.273 e. The molecule has 29 heavy (non-hydrogen) atoms. The highest BCUT2D eigenvalue weighted by Crippen LogP contribution is 2.44. The van der Waals surface area contributed by atoms with Crippen LogP contribution >= 0.6 is 11.6 Å². The SMILES string of the molecule is CC[C@@]1(C(=O)NS(=O)(=O)c2cccc3ccccc23)CCCc2cccc(Cl)c21. The maximum Gasteiger partial charge on any atom is 0.264 e. The Morgan fingerprint density at radius 1 is 1.07 bits per heavy atom. The lowest BCUT2D eigenvalue weighted by Gasteiger charge is -2.37. The van der Waals surface area contributed by atoms with Gasteiger partial charge < -0.3 is 0 Å². The zero-order valence-electron chi connectivity index (χ0n) is 16.1. The van der Waals surface area contributed by atoms with E-state index in [0.717, 1.165) is 29.4 Å². The van der Waals surface area contributed by atoms with Crippen molar-refractivity contribution < 1.29 is 13.2 Å². The van der Waals surface area contributed by atoms with E-state index in [1.54, 1.807) is 24.3 Å². The second kappa shape index (κ2) is 7.47. The number of halogens is 1. The molecule has 0 aliphatic heterocycles. The molecular weight excluding hydrogens is 406 g/mol. The average molecular weight is 428 g/mol. The first-order valence-electron chi connectivity index (χ1n) is 9.72. The molecule has 0 radical (unpaired) electrons. The number of nitrogens with one attached hydrogen (secondary N) is 1. The third-order valence-corrected chi connectivity index (χ3v) is 7.64. The monoisotopic (exact) mass is 427 g/mol. The summed E-state index contributed by atoms with van der Waals surface area (Å²) in [6.07, 6.45) is 2.68. The van der Waals surface area contributed by atoms with Gasteiger partial charge in [-0.3, -0.25) is 4.79 Å². The van der Waals surface area contributed by atoms with Gasteiger partial charge in [-0.1, -0.05) is 67.1 Å².